The molecule has 0 unspecified atom stereocenters. The van der Waals surface area contributed by atoms with Crippen LogP contribution in [-0.4, -0.2) is 33.9 Å². The van der Waals surface area contributed by atoms with Gasteiger partial charge in [-0.1, -0.05) is 0 Å². The Morgan fingerprint density at radius 2 is 1.67 bits per heavy atom. The fraction of sp³-hybridized carbons (Fsp3) is 0.312. The van der Waals surface area contributed by atoms with Crippen LogP contribution in [-0.2, 0) is 0 Å². The molecule has 0 bridgehead atoms. The highest BCUT2D eigenvalue weighted by Gasteiger charge is 2.72. The number of aryl methyl sites for hydroxylation is 2. The van der Waals surface area contributed by atoms with Crippen molar-refractivity contribution in [2.24, 2.45) is 0 Å². The van der Waals surface area contributed by atoms with E-state index in [0.717, 1.165) is 23.6 Å². The molecule has 0 saturated carbocycles. The maximum Gasteiger partial charge on any atom is 0.439 e. The Balaban J connectivity index is 2.55. The lowest BCUT2D eigenvalue weighted by atomic mass is 10.1. The number of hydrogen-bond acceptors (Lipinski definition) is 4. The zero-order valence-corrected chi connectivity index (χ0v) is 14.0. The Bertz CT molecular complexity index is 786. The van der Waals surface area contributed by atoms with Crippen molar-refractivity contribution in [3.8, 4) is 0 Å². The molecule has 27 heavy (non-hydrogen) atoms. The van der Waals surface area contributed by atoms with Crippen LogP contribution >= 0.6 is 0 Å². The SMILES string of the molecule is Cc1cc(C)nc(NC(NC(=O)c2cccnc2)(C(F)(F)F)C(F)(F)F)c1. The molecule has 2 rings (SSSR count). The van der Waals surface area contributed by atoms with E-state index in [4.69, 9.17) is 0 Å². The van der Waals surface area contributed by atoms with Gasteiger partial charge in [0.15, 0.2) is 0 Å². The van der Waals surface area contributed by atoms with Crippen LogP contribution in [0.5, 0.6) is 0 Å². The standard InChI is InChI=1S/C16H14F6N4O/c1-9-6-10(2)24-12(7-9)25-14(15(17,18)19,16(20,21)22)26-13(27)11-4-3-5-23-8-11/h3-8H,1-2H3,(H,24,25)(H,26,27). The van der Waals surface area contributed by atoms with E-state index in [1.54, 1.807) is 0 Å². The van der Waals surface area contributed by atoms with Crippen molar-refractivity contribution in [2.45, 2.75) is 31.9 Å². The van der Waals surface area contributed by atoms with E-state index < -0.39 is 35.3 Å². The first-order chi connectivity index (χ1) is 12.4. The second-order valence-corrected chi connectivity index (χ2v) is 5.74. The third-order valence-electron chi connectivity index (χ3n) is 3.49. The van der Waals surface area contributed by atoms with Crippen molar-refractivity contribution in [3.63, 3.8) is 0 Å². The van der Waals surface area contributed by atoms with Crippen LogP contribution in [0.3, 0.4) is 0 Å². The summed E-state index contributed by atoms with van der Waals surface area (Å²) in [5, 5.41) is 2.38. The molecule has 1 amide bonds. The fourth-order valence-corrected chi connectivity index (χ4v) is 2.31. The quantitative estimate of drug-likeness (QED) is 0.614. The summed E-state index contributed by atoms with van der Waals surface area (Å²) in [6.07, 6.45) is -9.79. The molecular formula is C16H14F6N4O. The Labute approximate surface area is 149 Å². The molecule has 2 heterocycles. The Kier molecular flexibility index (Phi) is 5.34. The van der Waals surface area contributed by atoms with E-state index in [0.29, 0.717) is 5.56 Å². The van der Waals surface area contributed by atoms with Crippen LogP contribution < -0.4 is 10.6 Å². The Hall–Kier alpha value is -2.85. The summed E-state index contributed by atoms with van der Waals surface area (Å²) in [4.78, 5) is 19.2. The minimum absolute atomic E-state index is 0.203. The topological polar surface area (TPSA) is 66.9 Å². The molecule has 2 aromatic rings. The van der Waals surface area contributed by atoms with Gasteiger partial charge in [0.05, 0.1) is 5.56 Å². The molecule has 0 aliphatic rings. The van der Waals surface area contributed by atoms with Gasteiger partial charge in [-0.05, 0) is 43.7 Å². The number of hydrogen-bond donors (Lipinski definition) is 2. The molecule has 146 valence electrons. The molecule has 11 heteroatoms. The van der Waals surface area contributed by atoms with Crippen LogP contribution in [0.1, 0.15) is 21.6 Å². The van der Waals surface area contributed by atoms with Crippen LogP contribution in [0.25, 0.3) is 0 Å². The van der Waals surface area contributed by atoms with E-state index in [-0.39, 0.29) is 5.69 Å². The van der Waals surface area contributed by atoms with Crippen molar-refractivity contribution < 1.29 is 31.1 Å². The van der Waals surface area contributed by atoms with Gasteiger partial charge < -0.3 is 10.6 Å². The Morgan fingerprint density at radius 1 is 1.04 bits per heavy atom. The molecule has 2 N–H and O–H groups in total. The maximum atomic E-state index is 13.6. The van der Waals surface area contributed by atoms with E-state index in [1.807, 2.05) is 0 Å². The van der Waals surface area contributed by atoms with Gasteiger partial charge in [0.1, 0.15) is 5.82 Å². The average molecular weight is 392 g/mol. The predicted octanol–water partition coefficient (Wildman–Crippen LogP) is 3.76. The summed E-state index contributed by atoms with van der Waals surface area (Å²) in [5.41, 5.74) is -4.62. The first kappa shape index (κ1) is 20.5. The number of amides is 1. The first-order valence-electron chi connectivity index (χ1n) is 7.45. The number of rotatable bonds is 4. The summed E-state index contributed by atoms with van der Waals surface area (Å²) in [6, 6.07) is 4.73. The molecule has 5 nitrogen and oxygen atoms in total. The predicted molar refractivity (Wildman–Crippen MR) is 83.9 cm³/mol. The number of nitrogens with one attached hydrogen (secondary N) is 2. The van der Waals surface area contributed by atoms with Gasteiger partial charge in [-0.3, -0.25) is 9.78 Å². The van der Waals surface area contributed by atoms with Gasteiger partial charge in [0.2, 0.25) is 0 Å². The third kappa shape index (κ3) is 4.29. The second-order valence-electron chi connectivity index (χ2n) is 5.74. The smallest absolute Gasteiger partial charge is 0.332 e. The number of nitrogens with zero attached hydrogens (tertiary/aromatic N) is 2. The van der Waals surface area contributed by atoms with Crippen LogP contribution in [0, 0.1) is 13.8 Å². The molecule has 0 atom stereocenters. The van der Waals surface area contributed by atoms with Crippen LogP contribution in [0.4, 0.5) is 32.2 Å². The fourth-order valence-electron chi connectivity index (χ4n) is 2.31. The number of alkyl halides is 6. The molecule has 0 fully saturated rings. The summed E-state index contributed by atoms with van der Waals surface area (Å²) in [5.74, 6) is -2.29. The normalized spacial score (nSPS) is 12.6. The van der Waals surface area contributed by atoms with Crippen molar-refractivity contribution in [2.75, 3.05) is 5.32 Å². The minimum atomic E-state index is -5.93. The van der Waals surface area contributed by atoms with Crippen LogP contribution in [0.15, 0.2) is 36.7 Å². The molecule has 2 aromatic heterocycles. The third-order valence-corrected chi connectivity index (χ3v) is 3.49. The summed E-state index contributed by atoms with van der Waals surface area (Å²) in [6.45, 7) is 2.90. The van der Waals surface area contributed by atoms with Gasteiger partial charge in [-0.25, -0.2) is 4.98 Å². The average Bonchev–Trinajstić information content (AvgIpc) is 2.51. The van der Waals surface area contributed by atoms with Gasteiger partial charge in [-0.15, -0.1) is 0 Å². The molecule has 0 spiro atoms. The number of carbonyl (C=O) groups is 1. The van der Waals surface area contributed by atoms with E-state index in [9.17, 15) is 31.1 Å². The molecule has 0 aliphatic heterocycles. The minimum Gasteiger partial charge on any atom is -0.332 e. The van der Waals surface area contributed by atoms with Crippen LogP contribution in [0.2, 0.25) is 0 Å². The van der Waals surface area contributed by atoms with E-state index in [2.05, 4.69) is 9.97 Å². The second kappa shape index (κ2) is 7.05. The van der Waals surface area contributed by atoms with Crippen molar-refractivity contribution in [3.05, 3.63) is 53.5 Å². The monoisotopic (exact) mass is 392 g/mol. The molecular weight excluding hydrogens is 378 g/mol. The van der Waals surface area contributed by atoms with E-state index >= 15 is 0 Å². The molecule has 0 aromatic carbocycles. The van der Waals surface area contributed by atoms with Gasteiger partial charge in [-0.2, -0.15) is 26.3 Å². The Morgan fingerprint density at radius 3 is 2.15 bits per heavy atom. The number of halogens is 6. The largest absolute Gasteiger partial charge is 0.439 e. The highest BCUT2D eigenvalue weighted by molar-refractivity contribution is 5.94. The number of anilines is 1. The lowest BCUT2D eigenvalue weighted by Gasteiger charge is -2.38. The molecule has 0 aliphatic carbocycles. The zero-order chi connectivity index (χ0) is 20.5. The molecule has 0 saturated heterocycles. The lowest BCUT2D eigenvalue weighted by molar-refractivity contribution is -0.294. The number of pyridine rings is 2. The highest BCUT2D eigenvalue weighted by atomic mass is 19.4. The summed E-state index contributed by atoms with van der Waals surface area (Å²) in [7, 11) is 0. The zero-order valence-electron chi connectivity index (χ0n) is 14.0. The molecule has 0 radical (unpaired) electrons. The number of carbonyl (C=O) groups excluding carboxylic acids is 1. The lowest BCUT2D eigenvalue weighted by Crippen LogP contribution is -2.72. The van der Waals surface area contributed by atoms with Gasteiger partial charge in [0, 0.05) is 18.1 Å². The summed E-state index contributed by atoms with van der Waals surface area (Å²) >= 11 is 0. The van der Waals surface area contributed by atoms with Gasteiger partial charge >= 0.3 is 18.0 Å². The number of aromatic nitrogens is 2. The van der Waals surface area contributed by atoms with Crippen molar-refractivity contribution in [1.29, 1.82) is 0 Å². The van der Waals surface area contributed by atoms with Gasteiger partial charge in [0.25, 0.3) is 5.91 Å². The first-order valence-corrected chi connectivity index (χ1v) is 7.45. The van der Waals surface area contributed by atoms with Crippen molar-refractivity contribution >= 4 is 11.7 Å². The highest BCUT2D eigenvalue weighted by Crippen LogP contribution is 2.43. The summed E-state index contributed by atoms with van der Waals surface area (Å²) < 4.78 is 81.6. The van der Waals surface area contributed by atoms with E-state index in [1.165, 1.54) is 37.5 Å². The maximum absolute atomic E-state index is 13.6. The van der Waals surface area contributed by atoms with Crippen molar-refractivity contribution in [1.82, 2.24) is 15.3 Å².